The molecular formula is C19H22ClN9O. The number of piperidine rings is 1. The molecule has 10 nitrogen and oxygen atoms in total. The lowest BCUT2D eigenvalue weighted by Crippen LogP contribution is -2.38. The molecule has 156 valence electrons. The van der Waals surface area contributed by atoms with Gasteiger partial charge in [-0.25, -0.2) is 4.68 Å². The number of hydrogen-bond donors (Lipinski definition) is 0. The van der Waals surface area contributed by atoms with Crippen LogP contribution in [-0.4, -0.2) is 64.3 Å². The third-order valence-electron chi connectivity index (χ3n) is 5.15. The molecule has 2 aromatic heterocycles. The Balaban J connectivity index is 1.41. The summed E-state index contributed by atoms with van der Waals surface area (Å²) >= 11 is 6.16. The Labute approximate surface area is 178 Å². The monoisotopic (exact) mass is 427 g/mol. The molecule has 11 heteroatoms. The first-order valence-corrected chi connectivity index (χ1v) is 10.1. The van der Waals surface area contributed by atoms with E-state index in [2.05, 4.69) is 30.9 Å². The lowest BCUT2D eigenvalue weighted by molar-refractivity contribution is -0.127. The summed E-state index contributed by atoms with van der Waals surface area (Å²) < 4.78 is 1.84. The minimum Gasteiger partial charge on any atom is -0.339 e. The normalized spacial score (nSPS) is 15.2. The number of nitrogens with zero attached hydrogens (tertiary/aromatic N) is 9. The highest BCUT2D eigenvalue weighted by molar-refractivity contribution is 6.30. The van der Waals surface area contributed by atoms with Gasteiger partial charge in [0, 0.05) is 24.2 Å². The first-order valence-electron chi connectivity index (χ1n) is 9.74. The van der Waals surface area contributed by atoms with E-state index in [1.807, 2.05) is 34.7 Å². The molecular weight excluding hydrogens is 406 g/mol. The van der Waals surface area contributed by atoms with Gasteiger partial charge in [-0.2, -0.15) is 4.80 Å². The summed E-state index contributed by atoms with van der Waals surface area (Å²) in [6, 6.07) is 5.77. The number of benzene rings is 1. The number of amides is 1. The van der Waals surface area contributed by atoms with Gasteiger partial charge in [-0.3, -0.25) is 4.79 Å². The molecule has 0 unspecified atom stereocenters. The molecule has 3 heterocycles. The van der Waals surface area contributed by atoms with E-state index in [9.17, 15) is 4.79 Å². The van der Waals surface area contributed by atoms with Gasteiger partial charge in [0.05, 0.1) is 12.6 Å². The zero-order valence-corrected chi connectivity index (χ0v) is 17.6. The summed E-state index contributed by atoms with van der Waals surface area (Å²) in [7, 11) is 0. The van der Waals surface area contributed by atoms with E-state index < -0.39 is 0 Å². The zero-order chi connectivity index (χ0) is 21.1. The maximum Gasteiger partial charge on any atom is 0.246 e. The highest BCUT2D eigenvalue weighted by Crippen LogP contribution is 2.23. The van der Waals surface area contributed by atoms with Crippen molar-refractivity contribution in [1.29, 1.82) is 0 Å². The average Bonchev–Trinajstić information content (AvgIpc) is 3.35. The number of rotatable bonds is 5. The zero-order valence-electron chi connectivity index (χ0n) is 16.8. The van der Waals surface area contributed by atoms with Gasteiger partial charge in [0.2, 0.25) is 5.91 Å². The molecule has 1 aliphatic rings. The van der Waals surface area contributed by atoms with E-state index in [4.69, 9.17) is 11.6 Å². The van der Waals surface area contributed by atoms with Gasteiger partial charge >= 0.3 is 0 Å². The molecule has 1 amide bonds. The van der Waals surface area contributed by atoms with Crippen LogP contribution < -0.4 is 0 Å². The molecule has 0 aliphatic carbocycles. The van der Waals surface area contributed by atoms with Crippen molar-refractivity contribution in [2.24, 2.45) is 0 Å². The number of aryl methyl sites for hydroxylation is 2. The summed E-state index contributed by atoms with van der Waals surface area (Å²) in [6.45, 7) is 5.43. The van der Waals surface area contributed by atoms with Gasteiger partial charge in [-0.15, -0.1) is 15.3 Å². The molecule has 1 aromatic carbocycles. The molecule has 30 heavy (non-hydrogen) atoms. The van der Waals surface area contributed by atoms with Crippen molar-refractivity contribution in [3.8, 4) is 0 Å². The lowest BCUT2D eigenvalue weighted by Gasteiger charge is -2.31. The van der Waals surface area contributed by atoms with Crippen LogP contribution in [0.15, 0.2) is 24.3 Å². The highest BCUT2D eigenvalue weighted by Gasteiger charge is 2.24. The first-order chi connectivity index (χ1) is 14.5. The Bertz CT molecular complexity index is 1070. The van der Waals surface area contributed by atoms with Crippen molar-refractivity contribution in [2.45, 2.75) is 39.3 Å². The number of tetrazole rings is 2. The highest BCUT2D eigenvalue weighted by atomic mass is 35.5. The Morgan fingerprint density at radius 1 is 1.20 bits per heavy atom. The van der Waals surface area contributed by atoms with Gasteiger partial charge < -0.3 is 4.90 Å². The van der Waals surface area contributed by atoms with Crippen molar-refractivity contribution in [1.82, 2.24) is 45.3 Å². The molecule has 4 rings (SSSR count). The molecule has 1 fully saturated rings. The standard InChI is InChI=1S/C19H22ClN9O/c1-13-21-25-28(23-13)12-16-11-17(20)5-3-15(16)4-6-19(30)27-9-7-18(8-10-27)29-14(2)22-24-26-29/h3-6,11,18H,7-10,12H2,1-2H3. The van der Waals surface area contributed by atoms with Crippen LogP contribution in [0.4, 0.5) is 0 Å². The predicted molar refractivity (Wildman–Crippen MR) is 110 cm³/mol. The van der Waals surface area contributed by atoms with Gasteiger partial charge in [0.25, 0.3) is 0 Å². The average molecular weight is 428 g/mol. The van der Waals surface area contributed by atoms with E-state index in [1.165, 1.54) is 4.80 Å². The third kappa shape index (κ3) is 4.54. The Kier molecular flexibility index (Phi) is 5.84. The molecule has 3 aromatic rings. The molecule has 0 bridgehead atoms. The second-order valence-electron chi connectivity index (χ2n) is 7.27. The van der Waals surface area contributed by atoms with Crippen LogP contribution in [-0.2, 0) is 11.3 Å². The molecule has 0 saturated carbocycles. The molecule has 1 saturated heterocycles. The van der Waals surface area contributed by atoms with Crippen molar-refractivity contribution in [3.05, 3.63) is 52.1 Å². The quantitative estimate of drug-likeness (QED) is 0.572. The molecule has 0 atom stereocenters. The van der Waals surface area contributed by atoms with E-state index >= 15 is 0 Å². The largest absolute Gasteiger partial charge is 0.339 e. The topological polar surface area (TPSA) is 108 Å². The molecule has 0 N–H and O–H groups in total. The van der Waals surface area contributed by atoms with E-state index in [-0.39, 0.29) is 11.9 Å². The summed E-state index contributed by atoms with van der Waals surface area (Å²) in [5.41, 5.74) is 1.80. The lowest BCUT2D eigenvalue weighted by atomic mass is 10.0. The van der Waals surface area contributed by atoms with E-state index in [1.54, 1.807) is 19.1 Å². The van der Waals surface area contributed by atoms with E-state index in [0.717, 1.165) is 29.8 Å². The molecule has 0 radical (unpaired) electrons. The number of halogens is 1. The summed E-state index contributed by atoms with van der Waals surface area (Å²) in [5, 5.41) is 24.4. The van der Waals surface area contributed by atoms with Crippen molar-refractivity contribution in [3.63, 3.8) is 0 Å². The maximum atomic E-state index is 12.7. The van der Waals surface area contributed by atoms with Gasteiger partial charge in [-0.1, -0.05) is 17.7 Å². The number of hydrogen-bond acceptors (Lipinski definition) is 7. The number of aromatic nitrogens is 8. The predicted octanol–water partition coefficient (Wildman–Crippen LogP) is 1.86. The van der Waals surface area contributed by atoms with Gasteiger partial charge in [0.15, 0.2) is 5.82 Å². The van der Waals surface area contributed by atoms with Crippen molar-refractivity contribution in [2.75, 3.05) is 13.1 Å². The fourth-order valence-corrected chi connectivity index (χ4v) is 3.78. The van der Waals surface area contributed by atoms with Crippen LogP contribution in [0.2, 0.25) is 5.02 Å². The van der Waals surface area contributed by atoms with Crippen LogP contribution >= 0.6 is 11.6 Å². The summed E-state index contributed by atoms with van der Waals surface area (Å²) in [4.78, 5) is 16.1. The van der Waals surface area contributed by atoms with Crippen LogP contribution in [0.5, 0.6) is 0 Å². The second-order valence-corrected chi connectivity index (χ2v) is 7.71. The summed E-state index contributed by atoms with van der Waals surface area (Å²) in [6.07, 6.45) is 5.08. The third-order valence-corrected chi connectivity index (χ3v) is 5.39. The van der Waals surface area contributed by atoms with E-state index in [0.29, 0.717) is 30.5 Å². The van der Waals surface area contributed by atoms with Gasteiger partial charge in [0.1, 0.15) is 5.82 Å². The Hall–Kier alpha value is -3.14. The van der Waals surface area contributed by atoms with Crippen LogP contribution in [0.3, 0.4) is 0 Å². The van der Waals surface area contributed by atoms with Crippen molar-refractivity contribution >= 4 is 23.6 Å². The fraction of sp³-hybridized carbons (Fsp3) is 0.421. The van der Waals surface area contributed by atoms with Gasteiger partial charge in [-0.05, 0) is 71.7 Å². The maximum absolute atomic E-state index is 12.7. The summed E-state index contributed by atoms with van der Waals surface area (Å²) in [5.74, 6) is 1.38. The second kappa shape index (κ2) is 8.70. The minimum absolute atomic E-state index is 0.0162. The van der Waals surface area contributed by atoms with Crippen LogP contribution in [0.1, 0.15) is 41.7 Å². The first kappa shape index (κ1) is 20.1. The smallest absolute Gasteiger partial charge is 0.246 e. The number of likely N-dealkylation sites (tertiary alicyclic amines) is 1. The number of carbonyl (C=O) groups excluding carboxylic acids is 1. The van der Waals surface area contributed by atoms with Crippen LogP contribution in [0, 0.1) is 13.8 Å². The Morgan fingerprint density at radius 2 is 2.00 bits per heavy atom. The molecule has 1 aliphatic heterocycles. The number of carbonyl (C=O) groups is 1. The Morgan fingerprint density at radius 3 is 2.67 bits per heavy atom. The fourth-order valence-electron chi connectivity index (χ4n) is 3.59. The van der Waals surface area contributed by atoms with Crippen molar-refractivity contribution < 1.29 is 4.79 Å². The minimum atomic E-state index is -0.0162. The molecule has 0 spiro atoms. The SMILES string of the molecule is Cc1nnn(Cc2cc(Cl)ccc2C=CC(=O)N2CCC(n3nnnc3C)CC2)n1. The van der Waals surface area contributed by atoms with Crippen LogP contribution in [0.25, 0.3) is 6.08 Å².